The highest BCUT2D eigenvalue weighted by atomic mass is 19.4. The zero-order valence-corrected chi connectivity index (χ0v) is 52.1. The van der Waals surface area contributed by atoms with Gasteiger partial charge in [-0.2, -0.15) is 13.2 Å². The Bertz CT molecular complexity index is 2600. The lowest BCUT2D eigenvalue weighted by atomic mass is 9.84. The zero-order chi connectivity index (χ0) is 57.8. The fraction of sp³-hybridized carbons (Fsp3) is 0.500. The van der Waals surface area contributed by atoms with Gasteiger partial charge in [0.05, 0.1) is 5.41 Å². The smallest absolute Gasteiger partial charge is 0.171 e. The molecule has 0 bridgehead atoms. The van der Waals surface area contributed by atoms with E-state index in [2.05, 4.69) is 242 Å². The molecule has 75 heavy (non-hydrogen) atoms. The van der Waals surface area contributed by atoms with Crippen LogP contribution in [-0.2, 0) is 19.3 Å². The summed E-state index contributed by atoms with van der Waals surface area (Å²) in [7, 11) is 0. The van der Waals surface area contributed by atoms with Crippen LogP contribution in [0.15, 0.2) is 115 Å². The lowest BCUT2D eigenvalue weighted by Gasteiger charge is -2.27. The van der Waals surface area contributed by atoms with Gasteiger partial charge in [0.25, 0.3) is 0 Å². The first-order valence-corrected chi connectivity index (χ1v) is 27.9. The van der Waals surface area contributed by atoms with Crippen LogP contribution in [-0.4, -0.2) is 6.18 Å². The standard InChI is InChI=1S/C13H17F3.2C13H20.C12H18.C11H16.C10H14/c1-9-5-6-11(7-10(9)2)8-12(3,4)13(14,15)16;1-10-6-7-12(8-11(10)2)9-13(3,4)5;1-9(2)12-7-6-11(5)13(8-12)10(3)4;1-9(2)7-12-6-5-10(3)11(4)8-12;1-8(2)11-7-9(3)5-6-10(11)4;1-8(2)10-7-5-4-6-9(10)3/h5-7H,8H2,1-4H3;6-8H,9H2,1-5H3;6-10H,1-5H3;5-6,8-9H,7H2,1-4H3;5-8H,1-4H3;4-8H,1-3H3. The van der Waals surface area contributed by atoms with Crippen molar-refractivity contribution in [1.82, 2.24) is 0 Å². The Hall–Kier alpha value is -4.89. The van der Waals surface area contributed by atoms with Crippen LogP contribution in [0.25, 0.3) is 0 Å². The first-order valence-electron chi connectivity index (χ1n) is 27.9. The molecule has 0 saturated heterocycles. The number of hydrogen-bond donors (Lipinski definition) is 0. The van der Waals surface area contributed by atoms with Gasteiger partial charge in [0.2, 0.25) is 0 Å². The van der Waals surface area contributed by atoms with Crippen LogP contribution in [0.2, 0.25) is 0 Å². The summed E-state index contributed by atoms with van der Waals surface area (Å²) in [4.78, 5) is 0. The molecule has 0 saturated carbocycles. The molecule has 0 aliphatic rings. The van der Waals surface area contributed by atoms with Crippen LogP contribution in [0.4, 0.5) is 13.2 Å². The third-order valence-electron chi connectivity index (χ3n) is 14.0. The molecule has 0 aliphatic carbocycles. The van der Waals surface area contributed by atoms with Crippen LogP contribution in [0.3, 0.4) is 0 Å². The van der Waals surface area contributed by atoms with Crippen molar-refractivity contribution in [1.29, 1.82) is 0 Å². The highest BCUT2D eigenvalue weighted by Gasteiger charge is 2.47. The van der Waals surface area contributed by atoms with Gasteiger partial charge < -0.3 is 0 Å². The van der Waals surface area contributed by atoms with Crippen molar-refractivity contribution < 1.29 is 13.2 Å². The molecule has 0 nitrogen and oxygen atoms in total. The summed E-state index contributed by atoms with van der Waals surface area (Å²) < 4.78 is 38.1. The maximum absolute atomic E-state index is 12.7. The molecular weight excluding hydrogens is 922 g/mol. The van der Waals surface area contributed by atoms with Crippen molar-refractivity contribution >= 4 is 0 Å². The molecule has 0 spiro atoms. The topological polar surface area (TPSA) is 0 Å². The van der Waals surface area contributed by atoms with E-state index in [4.69, 9.17) is 0 Å². The molecule has 0 N–H and O–H groups in total. The second kappa shape index (κ2) is 31.4. The Kier molecular flexibility index (Phi) is 28.5. The fourth-order valence-electron chi connectivity index (χ4n) is 8.71. The molecule has 0 unspecified atom stereocenters. The second-order valence-corrected chi connectivity index (χ2v) is 25.1. The number of hydrogen-bond acceptors (Lipinski definition) is 0. The van der Waals surface area contributed by atoms with Gasteiger partial charge in [0.15, 0.2) is 0 Å². The van der Waals surface area contributed by atoms with Gasteiger partial charge >= 0.3 is 6.18 Å². The van der Waals surface area contributed by atoms with E-state index in [0.29, 0.717) is 29.1 Å². The number of rotatable bonds is 9. The molecule has 0 amide bonds. The van der Waals surface area contributed by atoms with Crippen molar-refractivity contribution in [3.8, 4) is 0 Å². The minimum Gasteiger partial charge on any atom is -0.171 e. The first-order chi connectivity index (χ1) is 34.5. The summed E-state index contributed by atoms with van der Waals surface area (Å²) in [6, 6.07) is 41.0. The molecule has 6 aromatic rings. The summed E-state index contributed by atoms with van der Waals surface area (Å²) >= 11 is 0. The molecule has 6 aromatic carbocycles. The van der Waals surface area contributed by atoms with Crippen molar-refractivity contribution in [2.24, 2.45) is 16.7 Å². The fourth-order valence-corrected chi connectivity index (χ4v) is 8.71. The van der Waals surface area contributed by atoms with Crippen molar-refractivity contribution in [3.05, 3.63) is 210 Å². The van der Waals surface area contributed by atoms with Gasteiger partial charge in [-0.05, 0) is 213 Å². The Morgan fingerprint density at radius 1 is 0.347 bits per heavy atom. The van der Waals surface area contributed by atoms with Crippen LogP contribution < -0.4 is 0 Å². The monoisotopic (exact) mass is 1030 g/mol. The highest BCUT2D eigenvalue weighted by molar-refractivity contribution is 5.36. The summed E-state index contributed by atoms with van der Waals surface area (Å²) in [5.41, 5.74) is 21.6. The van der Waals surface area contributed by atoms with Gasteiger partial charge in [-0.3, -0.25) is 0 Å². The zero-order valence-electron chi connectivity index (χ0n) is 52.1. The van der Waals surface area contributed by atoms with E-state index in [1.54, 1.807) is 6.07 Å². The first kappa shape index (κ1) is 68.1. The van der Waals surface area contributed by atoms with Crippen LogP contribution >= 0.6 is 0 Å². The lowest BCUT2D eigenvalue weighted by Crippen LogP contribution is -2.34. The van der Waals surface area contributed by atoms with Gasteiger partial charge in [-0.25, -0.2) is 0 Å². The molecule has 414 valence electrons. The van der Waals surface area contributed by atoms with E-state index >= 15 is 0 Å². The normalized spacial score (nSPS) is 11.4. The van der Waals surface area contributed by atoms with Crippen LogP contribution in [0.1, 0.15) is 222 Å². The molecule has 0 radical (unpaired) electrons. The van der Waals surface area contributed by atoms with Crippen molar-refractivity contribution in [3.63, 3.8) is 0 Å². The van der Waals surface area contributed by atoms with Crippen LogP contribution in [0, 0.1) is 86.0 Å². The van der Waals surface area contributed by atoms with Crippen molar-refractivity contribution in [2.75, 3.05) is 0 Å². The Morgan fingerprint density at radius 2 is 0.720 bits per heavy atom. The molecule has 0 fully saturated rings. The third kappa shape index (κ3) is 25.7. The van der Waals surface area contributed by atoms with Gasteiger partial charge in [-0.15, -0.1) is 0 Å². The molecular formula is C72H105F3. The molecule has 0 heterocycles. The predicted octanol–water partition coefficient (Wildman–Crippen LogP) is 22.6. The Labute approximate surface area is 459 Å². The Morgan fingerprint density at radius 3 is 1.08 bits per heavy atom. The van der Waals surface area contributed by atoms with E-state index in [1.807, 2.05) is 26.0 Å². The van der Waals surface area contributed by atoms with Crippen molar-refractivity contribution in [2.45, 2.75) is 222 Å². The van der Waals surface area contributed by atoms with Gasteiger partial charge in [-0.1, -0.05) is 225 Å². The summed E-state index contributed by atoms with van der Waals surface area (Å²) in [5.74, 6) is 3.33. The SMILES string of the molecule is Cc1ccc(C(C)C)cc1C(C)C.Cc1ccc(C)c(C(C)C)c1.Cc1ccc(CC(C)(C)C(F)(F)F)cc1C.Cc1ccc(CC(C)(C)C)cc1C.Cc1ccc(CC(C)C)cc1C.Cc1ccccc1C(C)C. The summed E-state index contributed by atoms with van der Waals surface area (Å²) in [5, 5.41) is 0. The highest BCUT2D eigenvalue weighted by Crippen LogP contribution is 2.40. The molecule has 6 rings (SSSR count). The predicted molar refractivity (Wildman–Crippen MR) is 328 cm³/mol. The molecule has 0 aromatic heterocycles. The summed E-state index contributed by atoms with van der Waals surface area (Å²) in [6.45, 7) is 53.0. The maximum atomic E-state index is 12.7. The minimum atomic E-state index is -4.16. The molecule has 3 heteroatoms. The molecule has 0 atom stereocenters. The van der Waals surface area contributed by atoms with Gasteiger partial charge in [0.1, 0.15) is 0 Å². The van der Waals surface area contributed by atoms with E-state index in [-0.39, 0.29) is 6.42 Å². The minimum absolute atomic E-state index is 0.0254. The van der Waals surface area contributed by atoms with Gasteiger partial charge in [0, 0.05) is 0 Å². The lowest BCUT2D eigenvalue weighted by molar-refractivity contribution is -0.211. The Balaban J connectivity index is 0.000000453. The summed E-state index contributed by atoms with van der Waals surface area (Å²) in [6.07, 6.45) is -1.78. The number of aryl methyl sites for hydroxylation is 10. The second-order valence-electron chi connectivity index (χ2n) is 25.1. The average Bonchev–Trinajstić information content (AvgIpc) is 3.28. The van der Waals surface area contributed by atoms with E-state index < -0.39 is 11.6 Å². The van der Waals surface area contributed by atoms with E-state index in [1.165, 1.54) is 98.2 Å². The number of benzene rings is 6. The van der Waals surface area contributed by atoms with Crippen LogP contribution in [0.5, 0.6) is 0 Å². The number of alkyl halides is 3. The van der Waals surface area contributed by atoms with E-state index in [9.17, 15) is 13.2 Å². The largest absolute Gasteiger partial charge is 0.394 e. The van der Waals surface area contributed by atoms with E-state index in [0.717, 1.165) is 29.0 Å². The number of halogens is 3. The third-order valence-corrected chi connectivity index (χ3v) is 14.0. The quantitative estimate of drug-likeness (QED) is 0.135. The molecule has 0 aliphatic heterocycles. The maximum Gasteiger partial charge on any atom is 0.394 e. The average molecular weight is 1030 g/mol.